The highest BCUT2D eigenvalue weighted by atomic mass is 32.1. The largest absolute Gasteiger partial charge is 0.496 e. The van der Waals surface area contributed by atoms with E-state index in [1.165, 1.54) is 11.3 Å². The van der Waals surface area contributed by atoms with Crippen molar-refractivity contribution in [1.82, 2.24) is 14.9 Å². The number of H-pyrrole nitrogens is 1. The van der Waals surface area contributed by atoms with E-state index in [2.05, 4.69) is 23.7 Å². The topological polar surface area (TPSA) is 83.8 Å². The summed E-state index contributed by atoms with van der Waals surface area (Å²) in [4.78, 5) is 17.8. The molecule has 4 aromatic rings. The molecule has 0 aliphatic heterocycles. The number of pyridine rings is 1. The number of ether oxygens (including phenoxy) is 2. The molecule has 0 radical (unpaired) electrons. The zero-order valence-corrected chi connectivity index (χ0v) is 21.5. The Labute approximate surface area is 210 Å². The molecule has 0 atom stereocenters. The minimum Gasteiger partial charge on any atom is -0.496 e. The summed E-state index contributed by atoms with van der Waals surface area (Å²) in [5.74, 6) is 7.70. The number of nitrogens with one attached hydrogen (secondary N) is 1. The summed E-state index contributed by atoms with van der Waals surface area (Å²) in [6, 6.07) is 13.8. The number of aromatic nitrogens is 1. The van der Waals surface area contributed by atoms with Crippen molar-refractivity contribution in [2.24, 2.45) is 5.84 Å². The number of benzene rings is 2. The number of nitrogens with two attached hydrogens (primary N) is 1. The zero-order valence-electron chi connectivity index (χ0n) is 20.7. The number of methoxy groups -OCH3 is 1. The third-order valence-electron chi connectivity index (χ3n) is 6.38. The van der Waals surface area contributed by atoms with Crippen LogP contribution in [-0.2, 0) is 0 Å². The Kier molecular flexibility index (Phi) is 8.41. The molecule has 3 N–H and O–H groups in total. The van der Waals surface area contributed by atoms with Crippen molar-refractivity contribution in [1.29, 1.82) is 0 Å². The fourth-order valence-electron chi connectivity index (χ4n) is 4.38. The van der Waals surface area contributed by atoms with Crippen LogP contribution in [0.15, 0.2) is 52.6 Å². The molecule has 0 aliphatic carbocycles. The van der Waals surface area contributed by atoms with E-state index in [0.29, 0.717) is 6.61 Å². The van der Waals surface area contributed by atoms with E-state index in [1.807, 2.05) is 52.9 Å². The van der Waals surface area contributed by atoms with E-state index >= 15 is 0 Å². The first kappa shape index (κ1) is 25.2. The molecular formula is C27H34N4O3S. The first-order chi connectivity index (χ1) is 17.0. The second kappa shape index (κ2) is 11.7. The van der Waals surface area contributed by atoms with Crippen molar-refractivity contribution >= 4 is 32.3 Å². The minimum atomic E-state index is -0.0635. The molecule has 7 nitrogen and oxygen atoms in total. The van der Waals surface area contributed by atoms with Crippen LogP contribution in [0.25, 0.3) is 32.1 Å². The quantitative estimate of drug-likeness (QED) is 0.169. The number of thiophene rings is 1. The van der Waals surface area contributed by atoms with Gasteiger partial charge in [-0.15, -0.1) is 11.3 Å². The van der Waals surface area contributed by atoms with Crippen molar-refractivity contribution < 1.29 is 9.47 Å². The molecular weight excluding hydrogens is 460 g/mol. The molecule has 0 saturated carbocycles. The van der Waals surface area contributed by atoms with Crippen LogP contribution in [-0.4, -0.2) is 61.3 Å². The van der Waals surface area contributed by atoms with Crippen LogP contribution < -0.4 is 20.9 Å². The normalized spacial score (nSPS) is 11.7. The summed E-state index contributed by atoms with van der Waals surface area (Å²) in [6.45, 7) is 9.66. The van der Waals surface area contributed by atoms with E-state index in [-0.39, 0.29) is 5.56 Å². The SMILES string of the molecule is CCN(CC)CCN(N)CCCOc1ccc(-c2c(OC)ccc3[nH]c(=O)c4sccc4c23)cc1. The Balaban J connectivity index is 1.45. The maximum atomic E-state index is 12.5. The number of likely N-dealkylation sites (N-methyl/N-ethyl adjacent to an activating group) is 1. The summed E-state index contributed by atoms with van der Waals surface area (Å²) >= 11 is 1.45. The number of fused-ring (bicyclic) bond motifs is 3. The number of hydrazine groups is 1. The van der Waals surface area contributed by atoms with Gasteiger partial charge in [0.15, 0.2) is 0 Å². The molecule has 0 spiro atoms. The predicted octanol–water partition coefficient (Wildman–Crippen LogP) is 4.70. The highest BCUT2D eigenvalue weighted by Crippen LogP contribution is 2.40. The van der Waals surface area contributed by atoms with Gasteiger partial charge in [0.1, 0.15) is 16.2 Å². The fourth-order valence-corrected chi connectivity index (χ4v) is 5.18. The third kappa shape index (κ3) is 5.67. The van der Waals surface area contributed by atoms with Crippen molar-refractivity contribution in [3.05, 3.63) is 58.2 Å². The van der Waals surface area contributed by atoms with Crippen LogP contribution in [0.3, 0.4) is 0 Å². The second-order valence-corrected chi connectivity index (χ2v) is 9.39. The number of rotatable bonds is 12. The lowest BCUT2D eigenvalue weighted by molar-refractivity contribution is 0.201. The molecule has 4 rings (SSSR count). The molecule has 0 amide bonds. The van der Waals surface area contributed by atoms with Crippen LogP contribution in [0.5, 0.6) is 11.5 Å². The van der Waals surface area contributed by atoms with Gasteiger partial charge in [0, 0.05) is 41.5 Å². The smallest absolute Gasteiger partial charge is 0.266 e. The molecule has 0 aliphatic rings. The summed E-state index contributed by atoms with van der Waals surface area (Å²) in [6.07, 6.45) is 0.858. The van der Waals surface area contributed by atoms with Crippen LogP contribution in [0.4, 0.5) is 0 Å². The predicted molar refractivity (Wildman–Crippen MR) is 146 cm³/mol. The molecule has 186 valence electrons. The van der Waals surface area contributed by atoms with Crippen molar-refractivity contribution in [3.63, 3.8) is 0 Å². The second-order valence-electron chi connectivity index (χ2n) is 8.47. The fraction of sp³-hybridized carbons (Fsp3) is 0.370. The molecule has 0 bridgehead atoms. The number of nitrogens with zero attached hydrogens (tertiary/aromatic N) is 2. The Hall–Kier alpha value is -2.91. The van der Waals surface area contributed by atoms with Gasteiger partial charge in [0.2, 0.25) is 0 Å². The van der Waals surface area contributed by atoms with Gasteiger partial charge in [-0.05, 0) is 60.8 Å². The lowest BCUT2D eigenvalue weighted by Crippen LogP contribution is -2.40. The molecule has 0 unspecified atom stereocenters. The maximum absolute atomic E-state index is 12.5. The molecule has 2 aromatic carbocycles. The lowest BCUT2D eigenvalue weighted by Gasteiger charge is -2.22. The first-order valence-corrected chi connectivity index (χ1v) is 13.0. The summed E-state index contributed by atoms with van der Waals surface area (Å²) in [5, 5.41) is 5.75. The lowest BCUT2D eigenvalue weighted by atomic mass is 9.97. The number of aromatic amines is 1. The van der Waals surface area contributed by atoms with E-state index in [0.717, 1.165) is 82.8 Å². The Morgan fingerprint density at radius 2 is 1.77 bits per heavy atom. The molecule has 2 aromatic heterocycles. The van der Waals surface area contributed by atoms with Crippen LogP contribution in [0.2, 0.25) is 0 Å². The van der Waals surface area contributed by atoms with E-state index in [4.69, 9.17) is 15.3 Å². The van der Waals surface area contributed by atoms with Crippen molar-refractivity contribution in [2.45, 2.75) is 20.3 Å². The van der Waals surface area contributed by atoms with Gasteiger partial charge >= 0.3 is 0 Å². The number of hydrogen-bond acceptors (Lipinski definition) is 7. The van der Waals surface area contributed by atoms with Gasteiger partial charge in [-0.1, -0.05) is 26.0 Å². The van der Waals surface area contributed by atoms with Gasteiger partial charge in [0.05, 0.1) is 13.7 Å². The van der Waals surface area contributed by atoms with Gasteiger partial charge in [-0.3, -0.25) is 10.6 Å². The van der Waals surface area contributed by atoms with Crippen LogP contribution in [0.1, 0.15) is 20.3 Å². The molecule has 35 heavy (non-hydrogen) atoms. The van der Waals surface area contributed by atoms with Crippen LogP contribution >= 0.6 is 11.3 Å². The van der Waals surface area contributed by atoms with Gasteiger partial charge in [-0.2, -0.15) is 0 Å². The third-order valence-corrected chi connectivity index (χ3v) is 7.29. The highest BCUT2D eigenvalue weighted by Gasteiger charge is 2.16. The minimum absolute atomic E-state index is 0.0635. The molecule has 2 heterocycles. The highest BCUT2D eigenvalue weighted by molar-refractivity contribution is 7.17. The van der Waals surface area contributed by atoms with Crippen LogP contribution in [0, 0.1) is 0 Å². The van der Waals surface area contributed by atoms with E-state index < -0.39 is 0 Å². The Morgan fingerprint density at radius 3 is 2.49 bits per heavy atom. The van der Waals surface area contributed by atoms with Gasteiger partial charge in [-0.25, -0.2) is 5.01 Å². The van der Waals surface area contributed by atoms with Crippen molar-refractivity contribution in [2.75, 3.05) is 46.4 Å². The summed E-state index contributed by atoms with van der Waals surface area (Å²) < 4.78 is 12.4. The average Bonchev–Trinajstić information content (AvgIpc) is 3.38. The number of hydrogen-bond donors (Lipinski definition) is 2. The maximum Gasteiger partial charge on any atom is 0.266 e. The molecule has 0 saturated heterocycles. The van der Waals surface area contributed by atoms with Gasteiger partial charge < -0.3 is 19.4 Å². The Bertz CT molecular complexity index is 1310. The molecule has 8 heteroatoms. The average molecular weight is 495 g/mol. The van der Waals surface area contributed by atoms with Crippen molar-refractivity contribution in [3.8, 4) is 22.6 Å². The molecule has 0 fully saturated rings. The monoisotopic (exact) mass is 494 g/mol. The zero-order chi connectivity index (χ0) is 24.8. The first-order valence-electron chi connectivity index (χ1n) is 12.1. The van der Waals surface area contributed by atoms with E-state index in [1.54, 1.807) is 7.11 Å². The summed E-state index contributed by atoms with van der Waals surface area (Å²) in [5.41, 5.74) is 2.70. The standard InChI is InChI=1S/C27H34N4O3S/c1-4-30(5-2)15-16-31(28)14-6-17-34-20-9-7-19(8-10-20)24-23(33-3)12-11-22-25(24)21-13-18-35-26(21)27(32)29-22/h7-13,18H,4-6,14-17,28H2,1-3H3,(H,29,32). The van der Waals surface area contributed by atoms with Gasteiger partial charge in [0.25, 0.3) is 5.56 Å². The van der Waals surface area contributed by atoms with E-state index in [9.17, 15) is 4.79 Å². The summed E-state index contributed by atoms with van der Waals surface area (Å²) in [7, 11) is 1.67. The Morgan fingerprint density at radius 1 is 1.00 bits per heavy atom.